The lowest BCUT2D eigenvalue weighted by atomic mass is 10.2. The van der Waals surface area contributed by atoms with Gasteiger partial charge >= 0.3 is 8.80 Å². The van der Waals surface area contributed by atoms with E-state index in [-0.39, 0.29) is 17.7 Å². The quantitative estimate of drug-likeness (QED) is 0.596. The topological polar surface area (TPSA) is 27.7 Å². The van der Waals surface area contributed by atoms with E-state index in [0.29, 0.717) is 0 Å². The first-order valence-corrected chi connectivity index (χ1v) is 7.68. The van der Waals surface area contributed by atoms with Crippen molar-refractivity contribution in [2.24, 2.45) is 0 Å². The number of hydrogen-bond donors (Lipinski definition) is 0. The van der Waals surface area contributed by atoms with Crippen LogP contribution >= 0.6 is 0 Å². The summed E-state index contributed by atoms with van der Waals surface area (Å²) in [6.45, 7) is 3.59. The molecule has 0 saturated heterocycles. The Kier molecular flexibility index (Phi) is 5.54. The lowest BCUT2D eigenvalue weighted by molar-refractivity contribution is 0.0690. The van der Waals surface area contributed by atoms with Crippen LogP contribution in [0.3, 0.4) is 0 Å². The summed E-state index contributed by atoms with van der Waals surface area (Å²) >= 11 is 0. The number of rotatable bonds is 6. The molecule has 0 spiro atoms. The zero-order valence-corrected chi connectivity index (χ0v) is 12.3. The van der Waals surface area contributed by atoms with E-state index < -0.39 is 26.3 Å². The lowest BCUT2D eigenvalue weighted by Gasteiger charge is -2.28. The van der Waals surface area contributed by atoms with Gasteiger partial charge in [0.15, 0.2) is 17.5 Å². The van der Waals surface area contributed by atoms with Crippen LogP contribution in [0.4, 0.5) is 13.2 Å². The minimum Gasteiger partial charge on any atom is -0.377 e. The monoisotopic (exact) mass is 294 g/mol. The van der Waals surface area contributed by atoms with Crippen molar-refractivity contribution in [3.05, 3.63) is 35.1 Å². The largest absolute Gasteiger partial charge is 0.505 e. The average molecular weight is 294 g/mol. The van der Waals surface area contributed by atoms with Gasteiger partial charge in [-0.3, -0.25) is 0 Å². The summed E-state index contributed by atoms with van der Waals surface area (Å²) < 4.78 is 55.4. The molecule has 19 heavy (non-hydrogen) atoms. The Morgan fingerprint density at radius 3 is 1.89 bits per heavy atom. The first-order chi connectivity index (χ1) is 8.83. The molecule has 3 nitrogen and oxygen atoms in total. The SMILES string of the molecule is CO[Si](Cc1cc(F)c(F)c(F)c1)(OC)OC(C)C. The van der Waals surface area contributed by atoms with Crippen molar-refractivity contribution in [1.82, 2.24) is 0 Å². The lowest BCUT2D eigenvalue weighted by Crippen LogP contribution is -2.48. The molecule has 0 fully saturated rings. The second-order valence-corrected chi connectivity index (χ2v) is 7.08. The van der Waals surface area contributed by atoms with Crippen molar-refractivity contribution >= 4 is 8.80 Å². The Balaban J connectivity index is 3.03. The van der Waals surface area contributed by atoms with Crippen LogP contribution in [0.15, 0.2) is 12.1 Å². The second kappa shape index (κ2) is 6.51. The highest BCUT2D eigenvalue weighted by Crippen LogP contribution is 2.20. The molecule has 0 bridgehead atoms. The minimum absolute atomic E-state index is 0.0618. The van der Waals surface area contributed by atoms with Crippen LogP contribution in [0.2, 0.25) is 0 Å². The molecule has 0 amide bonds. The summed E-state index contributed by atoms with van der Waals surface area (Å²) in [5.41, 5.74) is 0.229. The molecule has 0 saturated carbocycles. The van der Waals surface area contributed by atoms with Crippen LogP contribution in [0.5, 0.6) is 0 Å². The normalized spacial score (nSPS) is 12.2. The number of hydrogen-bond acceptors (Lipinski definition) is 3. The van der Waals surface area contributed by atoms with E-state index in [1.807, 2.05) is 0 Å². The van der Waals surface area contributed by atoms with Gasteiger partial charge in [0, 0.05) is 26.4 Å². The molecule has 0 aliphatic carbocycles. The molecule has 0 aliphatic rings. The molecule has 0 aromatic heterocycles. The highest BCUT2D eigenvalue weighted by atomic mass is 28.4. The number of benzene rings is 1. The molecule has 108 valence electrons. The standard InChI is InChI=1S/C12H17F3O3Si/c1-8(2)18-19(16-3,17-4)7-9-5-10(13)12(15)11(14)6-9/h5-6,8H,7H2,1-4H3. The summed E-state index contributed by atoms with van der Waals surface area (Å²) in [7, 11) is -0.244. The van der Waals surface area contributed by atoms with Gasteiger partial charge in [-0.05, 0) is 31.5 Å². The first kappa shape index (κ1) is 16.2. The minimum atomic E-state index is -3.07. The molecular formula is C12H17F3O3Si. The molecule has 7 heteroatoms. The van der Waals surface area contributed by atoms with E-state index in [4.69, 9.17) is 13.3 Å². The van der Waals surface area contributed by atoms with E-state index in [9.17, 15) is 13.2 Å². The molecule has 0 radical (unpaired) electrons. The van der Waals surface area contributed by atoms with Crippen LogP contribution in [0.1, 0.15) is 19.4 Å². The Morgan fingerprint density at radius 2 is 1.53 bits per heavy atom. The summed E-state index contributed by atoms with van der Waals surface area (Å²) in [5, 5.41) is 0. The number of halogens is 3. The van der Waals surface area contributed by atoms with Gasteiger partial charge in [0.1, 0.15) is 0 Å². The Hall–Kier alpha value is -0.893. The Morgan fingerprint density at radius 1 is 1.05 bits per heavy atom. The molecule has 1 rings (SSSR count). The third kappa shape index (κ3) is 4.03. The van der Waals surface area contributed by atoms with Crippen LogP contribution in [-0.2, 0) is 19.3 Å². The van der Waals surface area contributed by atoms with E-state index >= 15 is 0 Å². The summed E-state index contributed by atoms with van der Waals surface area (Å²) in [6.07, 6.45) is -0.165. The summed E-state index contributed by atoms with van der Waals surface area (Å²) in [4.78, 5) is 0. The van der Waals surface area contributed by atoms with E-state index in [1.165, 1.54) is 14.2 Å². The van der Waals surface area contributed by atoms with Crippen molar-refractivity contribution in [3.8, 4) is 0 Å². The smallest absolute Gasteiger partial charge is 0.377 e. The fraction of sp³-hybridized carbons (Fsp3) is 0.500. The average Bonchev–Trinajstić information content (AvgIpc) is 2.34. The summed E-state index contributed by atoms with van der Waals surface area (Å²) in [5.74, 6) is -3.97. The molecule has 1 aromatic carbocycles. The van der Waals surface area contributed by atoms with Crippen LogP contribution in [0.25, 0.3) is 0 Å². The molecule has 0 atom stereocenters. The molecule has 0 unspecified atom stereocenters. The fourth-order valence-corrected chi connectivity index (χ4v) is 3.84. The molecule has 0 heterocycles. The Labute approximate surface area is 111 Å². The maximum Gasteiger partial charge on any atom is 0.505 e. The Bertz CT molecular complexity index is 413. The van der Waals surface area contributed by atoms with Gasteiger partial charge in [0.25, 0.3) is 0 Å². The van der Waals surface area contributed by atoms with Gasteiger partial charge in [-0.15, -0.1) is 0 Å². The third-order valence-corrected chi connectivity index (χ3v) is 5.42. The van der Waals surface area contributed by atoms with Crippen molar-refractivity contribution in [3.63, 3.8) is 0 Å². The predicted octanol–water partition coefficient (Wildman–Crippen LogP) is 2.84. The maximum atomic E-state index is 13.2. The molecular weight excluding hydrogens is 277 g/mol. The second-order valence-electron chi connectivity index (χ2n) is 4.31. The van der Waals surface area contributed by atoms with Crippen molar-refractivity contribution in [2.45, 2.75) is 26.0 Å². The van der Waals surface area contributed by atoms with E-state index in [2.05, 4.69) is 0 Å². The highest BCUT2D eigenvalue weighted by Gasteiger charge is 2.40. The fourth-order valence-electron chi connectivity index (χ4n) is 1.68. The van der Waals surface area contributed by atoms with Gasteiger partial charge in [-0.1, -0.05) is 0 Å². The van der Waals surface area contributed by atoms with Crippen molar-refractivity contribution in [1.29, 1.82) is 0 Å². The first-order valence-electron chi connectivity index (χ1n) is 5.75. The van der Waals surface area contributed by atoms with E-state index in [1.54, 1.807) is 13.8 Å². The van der Waals surface area contributed by atoms with Crippen LogP contribution < -0.4 is 0 Å². The maximum absolute atomic E-state index is 13.2. The summed E-state index contributed by atoms with van der Waals surface area (Å²) in [6, 6.07) is 1.90. The van der Waals surface area contributed by atoms with Gasteiger partial charge in [0.05, 0.1) is 0 Å². The molecule has 0 aliphatic heterocycles. The zero-order valence-electron chi connectivity index (χ0n) is 11.3. The van der Waals surface area contributed by atoms with Gasteiger partial charge in [-0.2, -0.15) is 0 Å². The van der Waals surface area contributed by atoms with Gasteiger partial charge in [-0.25, -0.2) is 13.2 Å². The molecule has 0 N–H and O–H groups in total. The van der Waals surface area contributed by atoms with Crippen LogP contribution in [0, 0.1) is 17.5 Å². The predicted molar refractivity (Wildman–Crippen MR) is 66.0 cm³/mol. The molecule has 1 aromatic rings. The zero-order chi connectivity index (χ0) is 14.6. The highest BCUT2D eigenvalue weighted by molar-refractivity contribution is 6.60. The van der Waals surface area contributed by atoms with Crippen LogP contribution in [-0.4, -0.2) is 29.1 Å². The van der Waals surface area contributed by atoms with E-state index in [0.717, 1.165) is 12.1 Å². The van der Waals surface area contributed by atoms with Gasteiger partial charge in [0.2, 0.25) is 0 Å². The third-order valence-electron chi connectivity index (χ3n) is 2.50. The van der Waals surface area contributed by atoms with Crippen molar-refractivity contribution in [2.75, 3.05) is 14.2 Å². The van der Waals surface area contributed by atoms with Gasteiger partial charge < -0.3 is 13.3 Å². The van der Waals surface area contributed by atoms with Crippen molar-refractivity contribution < 1.29 is 26.4 Å².